The molecule has 0 aliphatic rings. The number of anilines is 1. The SMILES string of the molecule is CCC(C)N(C)c1ccc(CN)c(F)c1. The van der Waals surface area contributed by atoms with E-state index >= 15 is 0 Å². The molecular formula is C12H19FN2. The molecule has 0 heterocycles. The van der Waals surface area contributed by atoms with Crippen LogP contribution in [-0.4, -0.2) is 13.1 Å². The van der Waals surface area contributed by atoms with Gasteiger partial charge in [-0.05, 0) is 25.5 Å². The summed E-state index contributed by atoms with van der Waals surface area (Å²) in [6, 6.07) is 5.63. The lowest BCUT2D eigenvalue weighted by Crippen LogP contribution is -2.28. The predicted molar refractivity (Wildman–Crippen MR) is 62.4 cm³/mol. The monoisotopic (exact) mass is 210 g/mol. The maximum Gasteiger partial charge on any atom is 0.129 e. The van der Waals surface area contributed by atoms with E-state index in [0.29, 0.717) is 11.6 Å². The molecule has 0 saturated carbocycles. The van der Waals surface area contributed by atoms with Gasteiger partial charge in [0.1, 0.15) is 5.82 Å². The highest BCUT2D eigenvalue weighted by Crippen LogP contribution is 2.20. The second-order valence-corrected chi connectivity index (χ2v) is 3.85. The van der Waals surface area contributed by atoms with E-state index in [9.17, 15) is 4.39 Å². The third-order valence-corrected chi connectivity index (χ3v) is 2.92. The van der Waals surface area contributed by atoms with E-state index in [1.807, 2.05) is 13.1 Å². The summed E-state index contributed by atoms with van der Waals surface area (Å²) in [6.45, 7) is 4.49. The smallest absolute Gasteiger partial charge is 0.129 e. The molecule has 0 aromatic heterocycles. The Balaban J connectivity index is 2.92. The lowest BCUT2D eigenvalue weighted by Gasteiger charge is -2.26. The van der Waals surface area contributed by atoms with Gasteiger partial charge in [-0.3, -0.25) is 0 Å². The molecule has 3 heteroatoms. The lowest BCUT2D eigenvalue weighted by molar-refractivity contribution is 0.606. The molecule has 0 aliphatic heterocycles. The average molecular weight is 210 g/mol. The van der Waals surface area contributed by atoms with Gasteiger partial charge in [0.2, 0.25) is 0 Å². The molecule has 15 heavy (non-hydrogen) atoms. The van der Waals surface area contributed by atoms with Crippen LogP contribution >= 0.6 is 0 Å². The Morgan fingerprint density at radius 3 is 2.60 bits per heavy atom. The zero-order valence-electron chi connectivity index (χ0n) is 9.63. The van der Waals surface area contributed by atoms with Crippen molar-refractivity contribution in [1.29, 1.82) is 0 Å². The van der Waals surface area contributed by atoms with Gasteiger partial charge in [0.05, 0.1) is 0 Å². The summed E-state index contributed by atoms with van der Waals surface area (Å²) in [5.74, 6) is -0.217. The molecule has 2 nitrogen and oxygen atoms in total. The zero-order chi connectivity index (χ0) is 11.4. The van der Waals surface area contributed by atoms with E-state index in [2.05, 4.69) is 18.7 Å². The molecule has 0 radical (unpaired) electrons. The van der Waals surface area contributed by atoms with Gasteiger partial charge >= 0.3 is 0 Å². The van der Waals surface area contributed by atoms with Gasteiger partial charge in [-0.25, -0.2) is 4.39 Å². The standard InChI is InChI=1S/C12H19FN2/c1-4-9(2)15(3)11-6-5-10(8-14)12(13)7-11/h5-7,9H,4,8,14H2,1-3H3. The minimum Gasteiger partial charge on any atom is -0.372 e. The number of hydrogen-bond acceptors (Lipinski definition) is 2. The average Bonchev–Trinajstić information content (AvgIpc) is 2.26. The van der Waals surface area contributed by atoms with Crippen LogP contribution in [0.5, 0.6) is 0 Å². The van der Waals surface area contributed by atoms with Crippen LogP contribution in [0.25, 0.3) is 0 Å². The summed E-state index contributed by atoms with van der Waals surface area (Å²) in [5.41, 5.74) is 6.88. The molecule has 0 fully saturated rings. The third kappa shape index (κ3) is 2.69. The summed E-state index contributed by atoms with van der Waals surface area (Å²) >= 11 is 0. The molecule has 0 spiro atoms. The summed E-state index contributed by atoms with van der Waals surface area (Å²) in [7, 11) is 1.98. The van der Waals surface area contributed by atoms with Crippen LogP contribution in [-0.2, 0) is 6.54 Å². The molecule has 1 unspecified atom stereocenters. The van der Waals surface area contributed by atoms with Gasteiger partial charge in [0, 0.05) is 30.9 Å². The van der Waals surface area contributed by atoms with Crippen molar-refractivity contribution < 1.29 is 4.39 Å². The molecule has 1 aromatic rings. The first-order chi connectivity index (χ1) is 7.10. The first-order valence-electron chi connectivity index (χ1n) is 5.31. The molecule has 0 aliphatic carbocycles. The van der Waals surface area contributed by atoms with Crippen LogP contribution in [0.15, 0.2) is 18.2 Å². The first-order valence-corrected chi connectivity index (χ1v) is 5.31. The van der Waals surface area contributed by atoms with Crippen molar-refractivity contribution in [3.63, 3.8) is 0 Å². The van der Waals surface area contributed by atoms with E-state index in [-0.39, 0.29) is 12.4 Å². The van der Waals surface area contributed by atoms with Crippen LogP contribution in [0, 0.1) is 5.82 Å². The minimum atomic E-state index is -0.217. The van der Waals surface area contributed by atoms with Gasteiger partial charge < -0.3 is 10.6 Å². The van der Waals surface area contributed by atoms with E-state index in [1.54, 1.807) is 12.1 Å². The summed E-state index contributed by atoms with van der Waals surface area (Å²) in [5, 5.41) is 0. The molecule has 1 aromatic carbocycles. The van der Waals surface area contributed by atoms with Gasteiger partial charge in [0.25, 0.3) is 0 Å². The topological polar surface area (TPSA) is 29.3 Å². The highest BCUT2D eigenvalue weighted by molar-refractivity contribution is 5.48. The third-order valence-electron chi connectivity index (χ3n) is 2.92. The van der Waals surface area contributed by atoms with Crippen molar-refractivity contribution in [2.45, 2.75) is 32.9 Å². The summed E-state index contributed by atoms with van der Waals surface area (Å²) < 4.78 is 13.5. The quantitative estimate of drug-likeness (QED) is 0.827. The Hall–Kier alpha value is -1.09. The molecule has 0 amide bonds. The lowest BCUT2D eigenvalue weighted by atomic mass is 10.1. The fourth-order valence-electron chi connectivity index (χ4n) is 1.45. The molecule has 84 valence electrons. The van der Waals surface area contributed by atoms with Gasteiger partial charge in [-0.15, -0.1) is 0 Å². The number of rotatable bonds is 4. The van der Waals surface area contributed by atoms with Crippen LogP contribution in [0.1, 0.15) is 25.8 Å². The number of hydrogen-bond donors (Lipinski definition) is 1. The maximum atomic E-state index is 13.5. The van der Waals surface area contributed by atoms with E-state index in [4.69, 9.17) is 5.73 Å². The van der Waals surface area contributed by atoms with Crippen molar-refractivity contribution in [3.05, 3.63) is 29.6 Å². The van der Waals surface area contributed by atoms with Crippen LogP contribution in [0.4, 0.5) is 10.1 Å². The van der Waals surface area contributed by atoms with Crippen molar-refractivity contribution in [2.75, 3.05) is 11.9 Å². The van der Waals surface area contributed by atoms with E-state index in [0.717, 1.165) is 12.1 Å². The normalized spacial score (nSPS) is 12.6. The molecule has 1 atom stereocenters. The van der Waals surface area contributed by atoms with Gasteiger partial charge in [0.15, 0.2) is 0 Å². The zero-order valence-corrected chi connectivity index (χ0v) is 9.63. The number of halogens is 1. The Morgan fingerprint density at radius 2 is 2.13 bits per heavy atom. The summed E-state index contributed by atoms with van der Waals surface area (Å²) in [6.07, 6.45) is 1.04. The molecule has 2 N–H and O–H groups in total. The molecule has 0 saturated heterocycles. The Labute approximate surface area is 90.9 Å². The Morgan fingerprint density at radius 1 is 1.47 bits per heavy atom. The molecule has 0 bridgehead atoms. The van der Waals surface area contributed by atoms with Crippen molar-refractivity contribution in [2.24, 2.45) is 5.73 Å². The highest BCUT2D eigenvalue weighted by Gasteiger charge is 2.09. The second-order valence-electron chi connectivity index (χ2n) is 3.85. The van der Waals surface area contributed by atoms with Gasteiger partial charge in [-0.2, -0.15) is 0 Å². The largest absolute Gasteiger partial charge is 0.372 e. The van der Waals surface area contributed by atoms with E-state index in [1.165, 1.54) is 0 Å². The first kappa shape index (κ1) is 12.0. The molecular weight excluding hydrogens is 191 g/mol. The van der Waals surface area contributed by atoms with Crippen LogP contribution in [0.3, 0.4) is 0 Å². The van der Waals surface area contributed by atoms with Crippen molar-refractivity contribution in [1.82, 2.24) is 0 Å². The number of nitrogens with two attached hydrogens (primary N) is 1. The molecule has 1 rings (SSSR count). The fraction of sp³-hybridized carbons (Fsp3) is 0.500. The Bertz CT molecular complexity index is 325. The van der Waals surface area contributed by atoms with E-state index < -0.39 is 0 Å². The minimum absolute atomic E-state index is 0.217. The van der Waals surface area contributed by atoms with Gasteiger partial charge in [-0.1, -0.05) is 13.0 Å². The maximum absolute atomic E-state index is 13.5. The number of nitrogens with zero attached hydrogens (tertiary/aromatic N) is 1. The van der Waals surface area contributed by atoms with Crippen molar-refractivity contribution in [3.8, 4) is 0 Å². The highest BCUT2D eigenvalue weighted by atomic mass is 19.1. The summed E-state index contributed by atoms with van der Waals surface area (Å²) in [4.78, 5) is 2.07. The number of benzene rings is 1. The predicted octanol–water partition coefficient (Wildman–Crippen LogP) is 2.52. The van der Waals surface area contributed by atoms with Crippen molar-refractivity contribution >= 4 is 5.69 Å². The second kappa shape index (κ2) is 5.12. The van der Waals surface area contributed by atoms with Crippen LogP contribution < -0.4 is 10.6 Å². The Kier molecular flexibility index (Phi) is 4.09. The van der Waals surface area contributed by atoms with Crippen LogP contribution in [0.2, 0.25) is 0 Å². The fourth-order valence-corrected chi connectivity index (χ4v) is 1.45.